The van der Waals surface area contributed by atoms with Gasteiger partial charge in [-0.15, -0.1) is 5.10 Å². The van der Waals surface area contributed by atoms with Crippen molar-refractivity contribution in [1.29, 1.82) is 0 Å². The molecule has 0 unspecified atom stereocenters. The van der Waals surface area contributed by atoms with Gasteiger partial charge in [-0.25, -0.2) is 0 Å². The quantitative estimate of drug-likeness (QED) is 0.812. The fourth-order valence-corrected chi connectivity index (χ4v) is 1.93. The van der Waals surface area contributed by atoms with Gasteiger partial charge in [0.25, 0.3) is 0 Å². The van der Waals surface area contributed by atoms with Gasteiger partial charge in [0.2, 0.25) is 11.7 Å². The number of H-pyrrole nitrogens is 1. The highest BCUT2D eigenvalue weighted by Crippen LogP contribution is 2.41. The number of hydrogen-bond acceptors (Lipinski definition) is 6. The van der Waals surface area contributed by atoms with Crippen LogP contribution in [0.1, 0.15) is 20.8 Å². The van der Waals surface area contributed by atoms with Crippen LogP contribution in [0, 0.1) is 0 Å². The van der Waals surface area contributed by atoms with Crippen LogP contribution in [0.2, 0.25) is 0 Å². The van der Waals surface area contributed by atoms with Crippen molar-refractivity contribution in [3.8, 4) is 28.6 Å². The molecule has 0 aliphatic rings. The third-order valence-corrected chi connectivity index (χ3v) is 2.69. The van der Waals surface area contributed by atoms with E-state index in [0.29, 0.717) is 42.9 Å². The normalized spacial score (nSPS) is 10.4. The van der Waals surface area contributed by atoms with Gasteiger partial charge < -0.3 is 19.9 Å². The number of ether oxygens (including phenoxy) is 3. The summed E-state index contributed by atoms with van der Waals surface area (Å²) in [5, 5.41) is 6.61. The lowest BCUT2D eigenvalue weighted by Gasteiger charge is -2.16. The van der Waals surface area contributed by atoms with Gasteiger partial charge in [0.15, 0.2) is 17.3 Å². The van der Waals surface area contributed by atoms with Gasteiger partial charge in [-0.3, -0.25) is 5.10 Å². The first-order chi connectivity index (χ1) is 10.2. The number of anilines is 1. The number of rotatable bonds is 7. The Bertz CT molecular complexity index is 571. The van der Waals surface area contributed by atoms with Crippen LogP contribution in [0.25, 0.3) is 11.4 Å². The first-order valence-electron chi connectivity index (χ1n) is 6.94. The SMILES string of the molecule is CCOc1cc(-c2nc(N)n[nH]2)cc(OCC)c1OCC. The van der Waals surface area contributed by atoms with Crippen molar-refractivity contribution in [2.24, 2.45) is 0 Å². The van der Waals surface area contributed by atoms with Crippen LogP contribution in [0.4, 0.5) is 5.95 Å². The van der Waals surface area contributed by atoms with Crippen LogP contribution in [0.5, 0.6) is 17.2 Å². The highest BCUT2D eigenvalue weighted by Gasteiger charge is 2.17. The molecule has 7 nitrogen and oxygen atoms in total. The Morgan fingerprint density at radius 2 is 1.57 bits per heavy atom. The van der Waals surface area contributed by atoms with E-state index in [1.54, 1.807) is 0 Å². The molecule has 2 aromatic rings. The molecule has 0 saturated carbocycles. The zero-order chi connectivity index (χ0) is 15.2. The number of aromatic amines is 1. The average molecular weight is 292 g/mol. The summed E-state index contributed by atoms with van der Waals surface area (Å²) < 4.78 is 16.9. The molecule has 1 aromatic carbocycles. The van der Waals surface area contributed by atoms with Crippen molar-refractivity contribution in [1.82, 2.24) is 15.2 Å². The minimum absolute atomic E-state index is 0.190. The molecule has 1 aromatic heterocycles. The van der Waals surface area contributed by atoms with E-state index in [4.69, 9.17) is 19.9 Å². The van der Waals surface area contributed by atoms with Gasteiger partial charge in [0.1, 0.15) is 0 Å². The summed E-state index contributed by atoms with van der Waals surface area (Å²) in [4.78, 5) is 4.12. The summed E-state index contributed by atoms with van der Waals surface area (Å²) in [6, 6.07) is 3.66. The molecule has 7 heteroatoms. The second-order valence-electron chi connectivity index (χ2n) is 4.14. The number of aromatic nitrogens is 3. The Labute approximate surface area is 123 Å². The molecule has 1 heterocycles. The van der Waals surface area contributed by atoms with Crippen molar-refractivity contribution in [3.05, 3.63) is 12.1 Å². The molecule has 21 heavy (non-hydrogen) atoms. The number of hydrogen-bond donors (Lipinski definition) is 2. The number of nitrogen functional groups attached to an aromatic ring is 1. The zero-order valence-electron chi connectivity index (χ0n) is 12.5. The van der Waals surface area contributed by atoms with E-state index in [9.17, 15) is 0 Å². The monoisotopic (exact) mass is 292 g/mol. The minimum atomic E-state index is 0.190. The molecule has 114 valence electrons. The number of nitrogens with two attached hydrogens (primary N) is 1. The standard InChI is InChI=1S/C14H20N4O3/c1-4-19-10-7-9(13-16-14(15)18-17-13)8-11(20-5-2)12(10)21-6-3/h7-8H,4-6H2,1-3H3,(H3,15,16,17,18). The molecular weight excluding hydrogens is 272 g/mol. The molecule has 0 saturated heterocycles. The Balaban J connectivity index is 2.51. The minimum Gasteiger partial charge on any atom is -0.490 e. The molecule has 0 bridgehead atoms. The maximum Gasteiger partial charge on any atom is 0.239 e. The second-order valence-corrected chi connectivity index (χ2v) is 4.14. The van der Waals surface area contributed by atoms with Crippen LogP contribution >= 0.6 is 0 Å². The first kappa shape index (κ1) is 15.0. The van der Waals surface area contributed by atoms with Gasteiger partial charge in [0, 0.05) is 5.56 Å². The summed E-state index contributed by atoms with van der Waals surface area (Å²) in [7, 11) is 0. The highest BCUT2D eigenvalue weighted by atomic mass is 16.5. The highest BCUT2D eigenvalue weighted by molar-refractivity contribution is 5.67. The Morgan fingerprint density at radius 1 is 1.00 bits per heavy atom. The Kier molecular flexibility index (Phi) is 4.86. The summed E-state index contributed by atoms with van der Waals surface area (Å²) in [6.45, 7) is 7.30. The fourth-order valence-electron chi connectivity index (χ4n) is 1.93. The largest absolute Gasteiger partial charge is 0.490 e. The van der Waals surface area contributed by atoms with Gasteiger partial charge >= 0.3 is 0 Å². The molecule has 0 fully saturated rings. The van der Waals surface area contributed by atoms with Crippen LogP contribution in [0.3, 0.4) is 0 Å². The topological polar surface area (TPSA) is 95.3 Å². The van der Waals surface area contributed by atoms with E-state index in [1.165, 1.54) is 0 Å². The third kappa shape index (κ3) is 3.36. The van der Waals surface area contributed by atoms with Crippen LogP contribution in [0.15, 0.2) is 12.1 Å². The van der Waals surface area contributed by atoms with Gasteiger partial charge in [-0.1, -0.05) is 0 Å². The molecule has 3 N–H and O–H groups in total. The summed E-state index contributed by atoms with van der Waals surface area (Å²) >= 11 is 0. The van der Waals surface area contributed by atoms with Crippen LogP contribution in [-0.4, -0.2) is 35.0 Å². The molecule has 0 spiro atoms. The van der Waals surface area contributed by atoms with E-state index in [0.717, 1.165) is 5.56 Å². The smallest absolute Gasteiger partial charge is 0.239 e. The van der Waals surface area contributed by atoms with Gasteiger partial charge in [-0.05, 0) is 32.9 Å². The van der Waals surface area contributed by atoms with Crippen molar-refractivity contribution in [3.63, 3.8) is 0 Å². The second kappa shape index (κ2) is 6.83. The molecule has 2 rings (SSSR count). The van der Waals surface area contributed by atoms with Crippen molar-refractivity contribution in [2.75, 3.05) is 25.6 Å². The molecule has 0 radical (unpaired) electrons. The van der Waals surface area contributed by atoms with Crippen molar-refractivity contribution in [2.45, 2.75) is 20.8 Å². The number of benzene rings is 1. The Hall–Kier alpha value is -2.44. The zero-order valence-corrected chi connectivity index (χ0v) is 12.5. The number of nitrogens with zero attached hydrogens (tertiary/aromatic N) is 2. The molecule has 0 aliphatic heterocycles. The van der Waals surface area contributed by atoms with Gasteiger partial charge in [-0.2, -0.15) is 4.98 Å². The summed E-state index contributed by atoms with van der Waals surface area (Å²) in [5.74, 6) is 2.55. The lowest BCUT2D eigenvalue weighted by molar-refractivity contribution is 0.261. The molecular formula is C14H20N4O3. The Morgan fingerprint density at radius 3 is 2.00 bits per heavy atom. The molecule has 0 atom stereocenters. The predicted molar refractivity (Wildman–Crippen MR) is 79.7 cm³/mol. The maximum atomic E-state index is 5.65. The van der Waals surface area contributed by atoms with E-state index in [1.807, 2.05) is 32.9 Å². The predicted octanol–water partition coefficient (Wildman–Crippen LogP) is 2.25. The average Bonchev–Trinajstić information content (AvgIpc) is 2.89. The van der Waals surface area contributed by atoms with Crippen LogP contribution < -0.4 is 19.9 Å². The lowest BCUT2D eigenvalue weighted by atomic mass is 10.1. The maximum absolute atomic E-state index is 5.65. The van der Waals surface area contributed by atoms with E-state index in [2.05, 4.69) is 15.2 Å². The summed E-state index contributed by atoms with van der Waals surface area (Å²) in [6.07, 6.45) is 0. The third-order valence-electron chi connectivity index (χ3n) is 2.69. The van der Waals surface area contributed by atoms with Crippen molar-refractivity contribution < 1.29 is 14.2 Å². The first-order valence-corrected chi connectivity index (χ1v) is 6.94. The summed E-state index contributed by atoms with van der Waals surface area (Å²) in [5.41, 5.74) is 6.32. The molecule has 0 amide bonds. The van der Waals surface area contributed by atoms with Crippen LogP contribution in [-0.2, 0) is 0 Å². The fraction of sp³-hybridized carbons (Fsp3) is 0.429. The van der Waals surface area contributed by atoms with Crippen molar-refractivity contribution >= 4 is 5.95 Å². The number of nitrogens with one attached hydrogen (secondary N) is 1. The van der Waals surface area contributed by atoms with Gasteiger partial charge in [0.05, 0.1) is 19.8 Å². The molecule has 0 aliphatic carbocycles. The van der Waals surface area contributed by atoms with E-state index in [-0.39, 0.29) is 5.95 Å². The lowest BCUT2D eigenvalue weighted by Crippen LogP contribution is -2.03. The van der Waals surface area contributed by atoms with E-state index < -0.39 is 0 Å². The van der Waals surface area contributed by atoms with E-state index >= 15 is 0 Å².